The van der Waals surface area contributed by atoms with Gasteiger partial charge in [0.15, 0.2) is 0 Å². The van der Waals surface area contributed by atoms with Gasteiger partial charge in [-0.05, 0) is 37.6 Å². The van der Waals surface area contributed by atoms with Gasteiger partial charge in [-0.25, -0.2) is 4.79 Å². The number of halogens is 1. The second-order valence-corrected chi connectivity index (χ2v) is 5.49. The molecule has 0 aliphatic carbocycles. The van der Waals surface area contributed by atoms with Crippen LogP contribution in [0.2, 0.25) is 0 Å². The van der Waals surface area contributed by atoms with Crippen molar-refractivity contribution in [3.63, 3.8) is 0 Å². The third-order valence-corrected chi connectivity index (χ3v) is 3.29. The molecule has 0 unspecified atom stereocenters. The standard InChI is InChI=1S/C15H17BrN2O2/c1-11(2)18(9-3-8-17)14-10-13(16)6-4-12(14)5-7-15(19)20/h4-7,10-11H,3,9H2,1-2H3,(H,19,20). The normalized spacial score (nSPS) is 10.8. The van der Waals surface area contributed by atoms with Crippen molar-refractivity contribution >= 4 is 33.7 Å². The summed E-state index contributed by atoms with van der Waals surface area (Å²) in [5.41, 5.74) is 1.74. The van der Waals surface area contributed by atoms with Crippen molar-refractivity contribution in [3.05, 3.63) is 34.3 Å². The molecule has 1 rings (SSSR count). The fourth-order valence-corrected chi connectivity index (χ4v) is 2.24. The minimum atomic E-state index is -0.980. The third-order valence-electron chi connectivity index (χ3n) is 2.80. The molecule has 0 bridgehead atoms. The Labute approximate surface area is 127 Å². The van der Waals surface area contributed by atoms with E-state index < -0.39 is 5.97 Å². The van der Waals surface area contributed by atoms with Crippen molar-refractivity contribution in [1.29, 1.82) is 5.26 Å². The zero-order valence-electron chi connectivity index (χ0n) is 11.5. The number of aliphatic carboxylic acids is 1. The number of carboxylic acids is 1. The van der Waals surface area contributed by atoms with Crippen molar-refractivity contribution in [3.8, 4) is 6.07 Å². The molecule has 0 saturated heterocycles. The highest BCUT2D eigenvalue weighted by Gasteiger charge is 2.13. The van der Waals surface area contributed by atoms with Crippen LogP contribution in [0.1, 0.15) is 25.8 Å². The van der Waals surface area contributed by atoms with E-state index in [1.807, 2.05) is 32.0 Å². The fourth-order valence-electron chi connectivity index (χ4n) is 1.89. The maximum atomic E-state index is 10.7. The zero-order chi connectivity index (χ0) is 15.1. The molecule has 106 valence electrons. The van der Waals surface area contributed by atoms with Gasteiger partial charge in [-0.15, -0.1) is 0 Å². The van der Waals surface area contributed by atoms with Crippen molar-refractivity contribution in [2.45, 2.75) is 26.3 Å². The highest BCUT2D eigenvalue weighted by molar-refractivity contribution is 9.10. The van der Waals surface area contributed by atoms with E-state index in [9.17, 15) is 4.79 Å². The highest BCUT2D eigenvalue weighted by atomic mass is 79.9. The van der Waals surface area contributed by atoms with E-state index in [0.29, 0.717) is 13.0 Å². The number of carbonyl (C=O) groups is 1. The van der Waals surface area contributed by atoms with Crippen LogP contribution >= 0.6 is 15.9 Å². The third kappa shape index (κ3) is 4.71. The second-order valence-electron chi connectivity index (χ2n) is 4.57. The van der Waals surface area contributed by atoms with Crippen molar-refractivity contribution in [2.75, 3.05) is 11.4 Å². The van der Waals surface area contributed by atoms with Crippen molar-refractivity contribution in [1.82, 2.24) is 0 Å². The molecule has 0 saturated carbocycles. The van der Waals surface area contributed by atoms with E-state index in [0.717, 1.165) is 21.8 Å². The van der Waals surface area contributed by atoms with E-state index in [-0.39, 0.29) is 6.04 Å². The van der Waals surface area contributed by atoms with Gasteiger partial charge in [0.25, 0.3) is 0 Å². The SMILES string of the molecule is CC(C)N(CCC#N)c1cc(Br)ccc1C=CC(=O)O. The molecular weight excluding hydrogens is 320 g/mol. The number of anilines is 1. The zero-order valence-corrected chi connectivity index (χ0v) is 13.1. The number of hydrogen-bond acceptors (Lipinski definition) is 3. The van der Waals surface area contributed by atoms with Crippen molar-refractivity contribution < 1.29 is 9.90 Å². The first-order valence-corrected chi connectivity index (χ1v) is 7.09. The van der Waals surface area contributed by atoms with Crippen LogP contribution in [-0.2, 0) is 4.79 Å². The summed E-state index contributed by atoms with van der Waals surface area (Å²) in [5.74, 6) is -0.980. The summed E-state index contributed by atoms with van der Waals surface area (Å²) < 4.78 is 0.919. The molecule has 0 fully saturated rings. The first-order valence-electron chi connectivity index (χ1n) is 6.30. The van der Waals surface area contributed by atoms with E-state index in [2.05, 4.69) is 26.9 Å². The Kier molecular flexibility index (Phi) is 6.26. The smallest absolute Gasteiger partial charge is 0.328 e. The topological polar surface area (TPSA) is 64.3 Å². The Morgan fingerprint density at radius 3 is 2.80 bits per heavy atom. The molecule has 0 radical (unpaired) electrons. The van der Waals surface area contributed by atoms with Crippen LogP contribution < -0.4 is 4.90 Å². The molecule has 0 spiro atoms. The average molecular weight is 337 g/mol. The lowest BCUT2D eigenvalue weighted by molar-refractivity contribution is -0.131. The fraction of sp³-hybridized carbons (Fsp3) is 0.333. The molecule has 4 nitrogen and oxygen atoms in total. The predicted octanol–water partition coefficient (Wildman–Crippen LogP) is 3.68. The second kappa shape index (κ2) is 7.71. The molecular formula is C15H17BrN2O2. The summed E-state index contributed by atoms with van der Waals surface area (Å²) in [6.07, 6.45) is 3.12. The molecule has 5 heteroatoms. The van der Waals surface area contributed by atoms with Gasteiger partial charge in [-0.3, -0.25) is 0 Å². The minimum Gasteiger partial charge on any atom is -0.478 e. The maximum absolute atomic E-state index is 10.7. The van der Waals surface area contributed by atoms with Crippen LogP contribution in [0, 0.1) is 11.3 Å². The number of rotatable bonds is 6. The lowest BCUT2D eigenvalue weighted by atomic mass is 10.1. The molecule has 0 aromatic heterocycles. The molecule has 1 aromatic rings. The molecule has 1 aromatic carbocycles. The van der Waals surface area contributed by atoms with Gasteiger partial charge in [0.05, 0.1) is 12.5 Å². The molecule has 0 atom stereocenters. The summed E-state index contributed by atoms with van der Waals surface area (Å²) in [6.45, 7) is 4.70. The van der Waals surface area contributed by atoms with E-state index >= 15 is 0 Å². The van der Waals surface area contributed by atoms with Crippen LogP contribution in [0.3, 0.4) is 0 Å². The predicted molar refractivity (Wildman–Crippen MR) is 83.5 cm³/mol. The summed E-state index contributed by atoms with van der Waals surface area (Å²) in [5, 5.41) is 17.5. The average Bonchev–Trinajstić information content (AvgIpc) is 2.37. The Balaban J connectivity index is 3.20. The van der Waals surface area contributed by atoms with Crippen LogP contribution in [0.15, 0.2) is 28.7 Å². The molecule has 0 heterocycles. The first kappa shape index (κ1) is 16.3. The summed E-state index contributed by atoms with van der Waals surface area (Å²) in [7, 11) is 0. The van der Waals surface area contributed by atoms with Crippen LogP contribution in [0.25, 0.3) is 6.08 Å². The van der Waals surface area contributed by atoms with Gasteiger partial charge < -0.3 is 10.0 Å². The van der Waals surface area contributed by atoms with E-state index in [4.69, 9.17) is 10.4 Å². The lowest BCUT2D eigenvalue weighted by Gasteiger charge is -2.30. The van der Waals surface area contributed by atoms with Crippen LogP contribution in [-0.4, -0.2) is 23.7 Å². The Morgan fingerprint density at radius 2 is 2.25 bits per heavy atom. The summed E-state index contributed by atoms with van der Waals surface area (Å²) in [6, 6.07) is 8.03. The van der Waals surface area contributed by atoms with Gasteiger partial charge >= 0.3 is 5.97 Å². The van der Waals surface area contributed by atoms with Gasteiger partial charge in [-0.2, -0.15) is 5.26 Å². The quantitative estimate of drug-likeness (QED) is 0.805. The van der Waals surface area contributed by atoms with E-state index in [1.54, 1.807) is 6.08 Å². The van der Waals surface area contributed by atoms with E-state index in [1.165, 1.54) is 0 Å². The Morgan fingerprint density at radius 1 is 1.55 bits per heavy atom. The number of hydrogen-bond donors (Lipinski definition) is 1. The van der Waals surface area contributed by atoms with Gasteiger partial charge in [-0.1, -0.05) is 22.0 Å². The molecule has 0 amide bonds. The molecule has 20 heavy (non-hydrogen) atoms. The largest absolute Gasteiger partial charge is 0.478 e. The summed E-state index contributed by atoms with van der Waals surface area (Å²) >= 11 is 3.43. The molecule has 1 N–H and O–H groups in total. The van der Waals surface area contributed by atoms with Gasteiger partial charge in [0, 0.05) is 28.8 Å². The maximum Gasteiger partial charge on any atom is 0.328 e. The summed E-state index contributed by atoms with van der Waals surface area (Å²) in [4.78, 5) is 12.8. The van der Waals surface area contributed by atoms with Crippen LogP contribution in [0.5, 0.6) is 0 Å². The Hall–Kier alpha value is -1.80. The number of benzene rings is 1. The number of nitriles is 1. The number of carboxylic acid groups (broad SMARTS) is 1. The lowest BCUT2D eigenvalue weighted by Crippen LogP contribution is -2.32. The number of nitrogens with zero attached hydrogens (tertiary/aromatic N) is 2. The monoisotopic (exact) mass is 336 g/mol. The Bertz CT molecular complexity index is 547. The molecule has 0 aliphatic heterocycles. The van der Waals surface area contributed by atoms with Crippen LogP contribution in [0.4, 0.5) is 5.69 Å². The minimum absolute atomic E-state index is 0.217. The highest BCUT2D eigenvalue weighted by Crippen LogP contribution is 2.28. The first-order chi connectivity index (χ1) is 9.45. The van der Waals surface area contributed by atoms with Crippen molar-refractivity contribution in [2.24, 2.45) is 0 Å². The molecule has 0 aliphatic rings. The van der Waals surface area contributed by atoms with Gasteiger partial charge in [0.1, 0.15) is 0 Å². The van der Waals surface area contributed by atoms with Gasteiger partial charge in [0.2, 0.25) is 0 Å².